The molecule has 0 spiro atoms. The van der Waals surface area contributed by atoms with Gasteiger partial charge < -0.3 is 15.4 Å². The van der Waals surface area contributed by atoms with E-state index in [1.165, 1.54) is 4.88 Å². The van der Waals surface area contributed by atoms with E-state index >= 15 is 0 Å². The number of hydrogen-bond donors (Lipinski definition) is 2. The molecule has 0 aliphatic rings. The predicted octanol–water partition coefficient (Wildman–Crippen LogP) is 3.14. The number of halogens is 4. The highest BCUT2D eigenvalue weighted by molar-refractivity contribution is 14.0. The third-order valence-electron chi connectivity index (χ3n) is 2.63. The lowest BCUT2D eigenvalue weighted by Gasteiger charge is -2.11. The predicted molar refractivity (Wildman–Crippen MR) is 101 cm³/mol. The Labute approximate surface area is 161 Å². The van der Waals surface area contributed by atoms with Crippen molar-refractivity contribution in [3.05, 3.63) is 16.1 Å². The van der Waals surface area contributed by atoms with Crippen LogP contribution in [0.2, 0.25) is 0 Å². The molecule has 24 heavy (non-hydrogen) atoms. The summed E-state index contributed by atoms with van der Waals surface area (Å²) in [5, 5.41) is 7.33. The summed E-state index contributed by atoms with van der Waals surface area (Å²) in [6.45, 7) is 4.62. The Balaban J connectivity index is 0.00000529. The molecule has 5 nitrogen and oxygen atoms in total. The molecule has 0 radical (unpaired) electrons. The quantitative estimate of drug-likeness (QED) is 0.247. The van der Waals surface area contributed by atoms with Crippen LogP contribution in [0.25, 0.3) is 0 Å². The van der Waals surface area contributed by atoms with Gasteiger partial charge in [0.25, 0.3) is 0 Å². The molecule has 1 aromatic rings. The van der Waals surface area contributed by atoms with Crippen LogP contribution in [0.5, 0.6) is 0 Å². The fraction of sp³-hybridized carbons (Fsp3) is 0.714. The minimum absolute atomic E-state index is 0. The SMILES string of the molecule is CCNC(=NCCCOCC(F)(F)F)NCCc1ncc(C)s1.I. The summed E-state index contributed by atoms with van der Waals surface area (Å²) < 4.78 is 40.2. The van der Waals surface area contributed by atoms with Gasteiger partial charge in [-0.2, -0.15) is 13.2 Å². The molecule has 2 N–H and O–H groups in total. The van der Waals surface area contributed by atoms with Gasteiger partial charge in [0.1, 0.15) is 6.61 Å². The largest absolute Gasteiger partial charge is 0.411 e. The van der Waals surface area contributed by atoms with Gasteiger partial charge in [0, 0.05) is 43.7 Å². The zero-order valence-electron chi connectivity index (χ0n) is 13.8. The minimum Gasteiger partial charge on any atom is -0.372 e. The first-order valence-electron chi connectivity index (χ1n) is 7.48. The second kappa shape index (κ2) is 12.7. The number of aliphatic imine (C=N–C) groups is 1. The molecule has 1 aromatic heterocycles. The van der Waals surface area contributed by atoms with Crippen molar-refractivity contribution in [3.8, 4) is 0 Å². The monoisotopic (exact) mass is 480 g/mol. The second-order valence-corrected chi connectivity index (χ2v) is 6.14. The summed E-state index contributed by atoms with van der Waals surface area (Å²) in [5.41, 5.74) is 0. The molecule has 0 saturated carbocycles. The third kappa shape index (κ3) is 11.8. The summed E-state index contributed by atoms with van der Waals surface area (Å²) in [6, 6.07) is 0. The molecular formula is C14H24F3IN4OS. The Hall–Kier alpha value is -0.620. The van der Waals surface area contributed by atoms with E-state index in [9.17, 15) is 13.2 Å². The van der Waals surface area contributed by atoms with Gasteiger partial charge in [-0.05, 0) is 20.3 Å². The highest BCUT2D eigenvalue weighted by Crippen LogP contribution is 2.14. The first-order chi connectivity index (χ1) is 10.9. The fourth-order valence-corrected chi connectivity index (χ4v) is 2.48. The van der Waals surface area contributed by atoms with Gasteiger partial charge in [-0.15, -0.1) is 35.3 Å². The van der Waals surface area contributed by atoms with Gasteiger partial charge in [0.15, 0.2) is 5.96 Å². The van der Waals surface area contributed by atoms with Crippen molar-refractivity contribution in [2.75, 3.05) is 32.8 Å². The number of rotatable bonds is 9. The molecular weight excluding hydrogens is 456 g/mol. The molecule has 1 heterocycles. The van der Waals surface area contributed by atoms with Crippen molar-refractivity contribution in [3.63, 3.8) is 0 Å². The Bertz CT molecular complexity index is 483. The number of aryl methyl sites for hydroxylation is 1. The van der Waals surface area contributed by atoms with Crippen LogP contribution in [0.15, 0.2) is 11.2 Å². The molecule has 0 aromatic carbocycles. The normalized spacial score (nSPS) is 12.0. The van der Waals surface area contributed by atoms with Crippen LogP contribution >= 0.6 is 35.3 Å². The lowest BCUT2D eigenvalue weighted by molar-refractivity contribution is -0.173. The van der Waals surface area contributed by atoms with E-state index in [2.05, 4.69) is 25.3 Å². The summed E-state index contributed by atoms with van der Waals surface area (Å²) in [7, 11) is 0. The Morgan fingerprint density at radius 2 is 2.12 bits per heavy atom. The fourth-order valence-electron chi connectivity index (χ4n) is 1.69. The van der Waals surface area contributed by atoms with E-state index in [4.69, 9.17) is 0 Å². The van der Waals surface area contributed by atoms with E-state index in [0.717, 1.165) is 11.4 Å². The number of thiazole rings is 1. The molecule has 0 unspecified atom stereocenters. The summed E-state index contributed by atoms with van der Waals surface area (Å²) in [5.74, 6) is 0.650. The van der Waals surface area contributed by atoms with Crippen molar-refractivity contribution in [2.24, 2.45) is 4.99 Å². The number of aromatic nitrogens is 1. The third-order valence-corrected chi connectivity index (χ3v) is 3.60. The topological polar surface area (TPSA) is 58.5 Å². The van der Waals surface area contributed by atoms with E-state index in [0.29, 0.717) is 32.0 Å². The zero-order valence-corrected chi connectivity index (χ0v) is 16.9. The number of guanidine groups is 1. The summed E-state index contributed by atoms with van der Waals surface area (Å²) >= 11 is 1.66. The van der Waals surface area contributed by atoms with Gasteiger partial charge in [-0.3, -0.25) is 4.99 Å². The number of nitrogens with zero attached hydrogens (tertiary/aromatic N) is 2. The van der Waals surface area contributed by atoms with E-state index in [-0.39, 0.29) is 30.6 Å². The van der Waals surface area contributed by atoms with Crippen LogP contribution in [0.1, 0.15) is 23.2 Å². The minimum atomic E-state index is -4.27. The standard InChI is InChI=1S/C14H23F3N4OS.HI/c1-3-18-13(19-6-4-8-22-10-14(15,16)17)20-7-5-12-21-9-11(2)23-12;/h9H,3-8,10H2,1-2H3,(H2,18,19,20);1H. The molecule has 0 aliphatic carbocycles. The molecule has 0 fully saturated rings. The molecule has 1 rings (SSSR count). The maximum absolute atomic E-state index is 11.9. The van der Waals surface area contributed by atoms with Crippen molar-refractivity contribution < 1.29 is 17.9 Å². The molecule has 0 bridgehead atoms. The van der Waals surface area contributed by atoms with E-state index < -0.39 is 12.8 Å². The van der Waals surface area contributed by atoms with Crippen molar-refractivity contribution >= 4 is 41.3 Å². The highest BCUT2D eigenvalue weighted by Gasteiger charge is 2.27. The number of nitrogens with one attached hydrogen (secondary N) is 2. The number of hydrogen-bond acceptors (Lipinski definition) is 4. The second-order valence-electron chi connectivity index (χ2n) is 4.82. The zero-order chi connectivity index (χ0) is 17.1. The summed E-state index contributed by atoms with van der Waals surface area (Å²) in [4.78, 5) is 9.76. The average Bonchev–Trinajstić information content (AvgIpc) is 2.87. The average molecular weight is 480 g/mol. The van der Waals surface area contributed by atoms with Gasteiger partial charge in [-0.25, -0.2) is 4.98 Å². The van der Waals surface area contributed by atoms with Gasteiger partial charge in [-0.1, -0.05) is 0 Å². The van der Waals surface area contributed by atoms with Crippen LogP contribution in [0, 0.1) is 6.92 Å². The smallest absolute Gasteiger partial charge is 0.372 e. The van der Waals surface area contributed by atoms with Crippen LogP contribution in [0.3, 0.4) is 0 Å². The number of ether oxygens (including phenoxy) is 1. The molecule has 0 atom stereocenters. The Morgan fingerprint density at radius 1 is 1.38 bits per heavy atom. The highest BCUT2D eigenvalue weighted by atomic mass is 127. The Kier molecular flexibility index (Phi) is 12.4. The van der Waals surface area contributed by atoms with Crippen molar-refractivity contribution in [2.45, 2.75) is 32.9 Å². The molecule has 0 saturated heterocycles. The van der Waals surface area contributed by atoms with Gasteiger partial charge >= 0.3 is 6.18 Å². The lowest BCUT2D eigenvalue weighted by atomic mass is 10.4. The lowest BCUT2D eigenvalue weighted by Crippen LogP contribution is -2.38. The van der Waals surface area contributed by atoms with E-state index in [1.807, 2.05) is 20.0 Å². The Morgan fingerprint density at radius 3 is 2.71 bits per heavy atom. The number of alkyl halides is 3. The van der Waals surface area contributed by atoms with Crippen LogP contribution in [-0.4, -0.2) is 50.0 Å². The van der Waals surface area contributed by atoms with E-state index in [1.54, 1.807) is 11.3 Å². The first kappa shape index (κ1) is 23.4. The molecule has 10 heteroatoms. The van der Waals surface area contributed by atoms with Crippen molar-refractivity contribution in [1.82, 2.24) is 15.6 Å². The maximum Gasteiger partial charge on any atom is 0.411 e. The molecule has 140 valence electrons. The molecule has 0 amide bonds. The molecule has 0 aliphatic heterocycles. The van der Waals surface area contributed by atoms with Crippen LogP contribution in [-0.2, 0) is 11.2 Å². The van der Waals surface area contributed by atoms with Gasteiger partial charge in [0.05, 0.1) is 5.01 Å². The van der Waals surface area contributed by atoms with Gasteiger partial charge in [0.2, 0.25) is 0 Å². The van der Waals surface area contributed by atoms with Crippen LogP contribution in [0.4, 0.5) is 13.2 Å². The summed E-state index contributed by atoms with van der Waals surface area (Å²) in [6.07, 6.45) is -1.18. The van der Waals surface area contributed by atoms with Crippen molar-refractivity contribution in [1.29, 1.82) is 0 Å². The first-order valence-corrected chi connectivity index (χ1v) is 8.30. The van der Waals surface area contributed by atoms with Crippen LogP contribution < -0.4 is 10.6 Å². The maximum atomic E-state index is 11.9.